The van der Waals surface area contributed by atoms with Crippen LogP contribution in [0, 0.1) is 0 Å². The van der Waals surface area contributed by atoms with Crippen LogP contribution in [0.2, 0.25) is 0 Å². The molecule has 6 heteroatoms. The standard InChI is InChI=1S/C62H108O6/c1-4-7-10-13-16-19-22-24-26-28-29-30-31-32-33-35-36-38-40-43-46-49-52-55-61(64)67-58-59(57-66-60(63)54-51-48-45-42-21-18-15-12-9-6-3)68-62(65)56-53-50-47-44-41-39-37-34-27-25-23-20-17-14-11-8-5-2/h8,11,17,20,22,24-25,27-29,31-32,59H,4-7,9-10,12-16,18-19,21,23,26,30,33-58H2,1-3H3/b11-8-,20-17-,24-22-,27-25-,29-28-,32-31-. The van der Waals surface area contributed by atoms with Gasteiger partial charge in [0.2, 0.25) is 0 Å². The number of rotatable bonds is 52. The first-order chi connectivity index (χ1) is 33.5. The molecule has 0 aliphatic rings. The highest BCUT2D eigenvalue weighted by Crippen LogP contribution is 2.15. The Bertz CT molecular complexity index is 1270. The number of hydrogen-bond donors (Lipinski definition) is 0. The predicted octanol–water partition coefficient (Wildman–Crippen LogP) is 19.4. The van der Waals surface area contributed by atoms with E-state index in [4.69, 9.17) is 14.2 Å². The molecule has 0 N–H and O–H groups in total. The molecule has 0 radical (unpaired) electrons. The highest BCUT2D eigenvalue weighted by atomic mass is 16.6. The van der Waals surface area contributed by atoms with Gasteiger partial charge in [-0.15, -0.1) is 0 Å². The normalized spacial score (nSPS) is 12.6. The van der Waals surface area contributed by atoms with Gasteiger partial charge in [-0.1, -0.05) is 248 Å². The molecule has 0 aromatic heterocycles. The molecule has 392 valence electrons. The van der Waals surface area contributed by atoms with Crippen molar-refractivity contribution in [2.75, 3.05) is 13.2 Å². The fraction of sp³-hybridized carbons (Fsp3) is 0.758. The largest absolute Gasteiger partial charge is 0.462 e. The lowest BCUT2D eigenvalue weighted by Gasteiger charge is -2.18. The summed E-state index contributed by atoms with van der Waals surface area (Å²) in [6, 6.07) is 0. The molecule has 0 saturated carbocycles. The summed E-state index contributed by atoms with van der Waals surface area (Å²) in [5, 5.41) is 0. The van der Waals surface area contributed by atoms with Gasteiger partial charge in [-0.05, 0) is 89.9 Å². The van der Waals surface area contributed by atoms with Gasteiger partial charge in [-0.3, -0.25) is 14.4 Å². The van der Waals surface area contributed by atoms with Crippen molar-refractivity contribution in [3.8, 4) is 0 Å². The van der Waals surface area contributed by atoms with Crippen LogP contribution in [0.15, 0.2) is 72.9 Å². The van der Waals surface area contributed by atoms with E-state index in [9.17, 15) is 14.4 Å². The van der Waals surface area contributed by atoms with Gasteiger partial charge in [0.25, 0.3) is 0 Å². The Morgan fingerprint density at radius 3 is 0.897 bits per heavy atom. The first kappa shape index (κ1) is 64.8. The maximum atomic E-state index is 12.8. The third-order valence-electron chi connectivity index (χ3n) is 12.4. The molecule has 68 heavy (non-hydrogen) atoms. The van der Waals surface area contributed by atoms with Gasteiger partial charge < -0.3 is 14.2 Å². The highest BCUT2D eigenvalue weighted by molar-refractivity contribution is 5.71. The lowest BCUT2D eigenvalue weighted by atomic mass is 10.1. The first-order valence-corrected chi connectivity index (χ1v) is 28.9. The predicted molar refractivity (Wildman–Crippen MR) is 293 cm³/mol. The van der Waals surface area contributed by atoms with Gasteiger partial charge in [0.1, 0.15) is 13.2 Å². The van der Waals surface area contributed by atoms with E-state index in [2.05, 4.69) is 93.7 Å². The van der Waals surface area contributed by atoms with Crippen molar-refractivity contribution in [2.24, 2.45) is 0 Å². The number of esters is 3. The zero-order chi connectivity index (χ0) is 49.3. The molecular formula is C62H108O6. The molecule has 0 aliphatic carbocycles. The van der Waals surface area contributed by atoms with Crippen LogP contribution in [0.4, 0.5) is 0 Å². The molecule has 0 saturated heterocycles. The van der Waals surface area contributed by atoms with E-state index in [0.29, 0.717) is 19.3 Å². The molecule has 0 aliphatic heterocycles. The van der Waals surface area contributed by atoms with E-state index < -0.39 is 6.10 Å². The van der Waals surface area contributed by atoms with Crippen LogP contribution >= 0.6 is 0 Å². The average Bonchev–Trinajstić information content (AvgIpc) is 3.34. The number of ether oxygens (including phenoxy) is 3. The molecular weight excluding hydrogens is 841 g/mol. The Balaban J connectivity index is 4.30. The summed E-state index contributed by atoms with van der Waals surface area (Å²) in [7, 11) is 0. The highest BCUT2D eigenvalue weighted by Gasteiger charge is 2.19. The molecule has 0 aromatic rings. The van der Waals surface area contributed by atoms with Crippen molar-refractivity contribution in [3.63, 3.8) is 0 Å². The number of carbonyl (C=O) groups is 3. The molecule has 6 nitrogen and oxygen atoms in total. The van der Waals surface area contributed by atoms with Crippen LogP contribution in [0.5, 0.6) is 0 Å². The fourth-order valence-electron chi connectivity index (χ4n) is 8.11. The summed E-state index contributed by atoms with van der Waals surface area (Å²) in [6.07, 6.45) is 71.8. The second-order valence-electron chi connectivity index (χ2n) is 19.2. The number of allylic oxidation sites excluding steroid dienone is 12. The Labute approximate surface area is 421 Å². The quantitative estimate of drug-likeness (QED) is 0.0262. The zero-order valence-electron chi connectivity index (χ0n) is 44.9. The molecule has 0 spiro atoms. The minimum atomic E-state index is -0.782. The Morgan fingerprint density at radius 2 is 0.574 bits per heavy atom. The smallest absolute Gasteiger partial charge is 0.306 e. The van der Waals surface area contributed by atoms with Gasteiger partial charge in [-0.25, -0.2) is 0 Å². The van der Waals surface area contributed by atoms with Gasteiger partial charge in [0.05, 0.1) is 0 Å². The molecule has 0 bridgehead atoms. The molecule has 1 unspecified atom stereocenters. The lowest BCUT2D eigenvalue weighted by Crippen LogP contribution is -2.30. The number of carbonyl (C=O) groups excluding carboxylic acids is 3. The number of unbranched alkanes of at least 4 members (excludes halogenated alkanes) is 29. The van der Waals surface area contributed by atoms with Gasteiger partial charge >= 0.3 is 17.9 Å². The SMILES string of the molecule is CC/C=C\C/C=C\C/C=C\CCCCCCCCCC(=O)OC(COC(=O)CCCCCCCCCC/C=C\C/C=C\C/C=C\CCCCCCC)COC(=O)CCCCCCCCCCCC. The molecule has 1 atom stereocenters. The van der Waals surface area contributed by atoms with E-state index in [1.54, 1.807) is 0 Å². The Hall–Kier alpha value is -3.15. The van der Waals surface area contributed by atoms with Gasteiger partial charge in [0, 0.05) is 19.3 Å². The van der Waals surface area contributed by atoms with E-state index in [-0.39, 0.29) is 31.1 Å². The maximum absolute atomic E-state index is 12.8. The van der Waals surface area contributed by atoms with Crippen molar-refractivity contribution in [3.05, 3.63) is 72.9 Å². The second-order valence-corrected chi connectivity index (χ2v) is 19.2. The lowest BCUT2D eigenvalue weighted by molar-refractivity contribution is -0.167. The molecule has 0 heterocycles. The van der Waals surface area contributed by atoms with Crippen LogP contribution in [0.25, 0.3) is 0 Å². The van der Waals surface area contributed by atoms with Gasteiger partial charge in [0.15, 0.2) is 6.10 Å². The van der Waals surface area contributed by atoms with Crippen LogP contribution in [0.1, 0.15) is 284 Å². The van der Waals surface area contributed by atoms with E-state index >= 15 is 0 Å². The topological polar surface area (TPSA) is 78.9 Å². The molecule has 0 fully saturated rings. The summed E-state index contributed by atoms with van der Waals surface area (Å²) in [5.74, 6) is -0.891. The van der Waals surface area contributed by atoms with Crippen molar-refractivity contribution in [1.29, 1.82) is 0 Å². The third-order valence-corrected chi connectivity index (χ3v) is 12.4. The van der Waals surface area contributed by atoms with Gasteiger partial charge in [-0.2, -0.15) is 0 Å². The molecule has 0 aromatic carbocycles. The second kappa shape index (κ2) is 56.4. The van der Waals surface area contributed by atoms with E-state index in [1.807, 2.05) is 0 Å². The summed E-state index contributed by atoms with van der Waals surface area (Å²) in [4.78, 5) is 38.1. The summed E-state index contributed by atoms with van der Waals surface area (Å²) in [5.41, 5.74) is 0. The van der Waals surface area contributed by atoms with Crippen LogP contribution in [-0.2, 0) is 28.6 Å². The maximum Gasteiger partial charge on any atom is 0.306 e. The third kappa shape index (κ3) is 53.8. The van der Waals surface area contributed by atoms with E-state index in [1.165, 1.54) is 141 Å². The monoisotopic (exact) mass is 949 g/mol. The first-order valence-electron chi connectivity index (χ1n) is 28.9. The number of hydrogen-bond acceptors (Lipinski definition) is 6. The summed E-state index contributed by atoms with van der Waals surface area (Å²) >= 11 is 0. The van der Waals surface area contributed by atoms with Crippen LogP contribution in [0.3, 0.4) is 0 Å². The Morgan fingerprint density at radius 1 is 0.309 bits per heavy atom. The van der Waals surface area contributed by atoms with E-state index in [0.717, 1.165) is 103 Å². The molecule has 0 rings (SSSR count). The Kier molecular flexibility index (Phi) is 53.8. The average molecular weight is 950 g/mol. The van der Waals surface area contributed by atoms with Crippen molar-refractivity contribution in [1.82, 2.24) is 0 Å². The minimum absolute atomic E-state index is 0.0801. The minimum Gasteiger partial charge on any atom is -0.462 e. The van der Waals surface area contributed by atoms with Crippen LogP contribution < -0.4 is 0 Å². The van der Waals surface area contributed by atoms with Crippen molar-refractivity contribution >= 4 is 17.9 Å². The fourth-order valence-corrected chi connectivity index (χ4v) is 8.11. The van der Waals surface area contributed by atoms with Crippen molar-refractivity contribution < 1.29 is 28.6 Å². The molecule has 0 amide bonds. The van der Waals surface area contributed by atoms with Crippen LogP contribution in [-0.4, -0.2) is 37.2 Å². The summed E-state index contributed by atoms with van der Waals surface area (Å²) < 4.78 is 16.8. The summed E-state index contributed by atoms with van der Waals surface area (Å²) in [6.45, 7) is 6.51. The zero-order valence-corrected chi connectivity index (χ0v) is 44.9. The van der Waals surface area contributed by atoms with Crippen molar-refractivity contribution in [2.45, 2.75) is 290 Å².